The van der Waals surface area contributed by atoms with Crippen molar-refractivity contribution < 1.29 is 9.32 Å². The molecule has 1 aliphatic rings. The lowest BCUT2D eigenvalue weighted by molar-refractivity contribution is 0.184. The number of carbonyl (C=O) groups is 1. The lowest BCUT2D eigenvalue weighted by Gasteiger charge is -2.31. The zero-order valence-electron chi connectivity index (χ0n) is 11.8. The van der Waals surface area contributed by atoms with Crippen molar-refractivity contribution in [3.8, 4) is 0 Å². The summed E-state index contributed by atoms with van der Waals surface area (Å²) in [5.41, 5.74) is 0.741. The summed E-state index contributed by atoms with van der Waals surface area (Å²) < 4.78 is 5.22. The smallest absolute Gasteiger partial charge is 0.321 e. The molecule has 3 rings (SSSR count). The molecule has 1 saturated heterocycles. The summed E-state index contributed by atoms with van der Waals surface area (Å²) in [7, 11) is 0. The van der Waals surface area contributed by atoms with Gasteiger partial charge in [0.1, 0.15) is 0 Å². The highest BCUT2D eigenvalue weighted by molar-refractivity contribution is 5.89. The molecule has 3 heterocycles. The van der Waals surface area contributed by atoms with E-state index in [0.717, 1.165) is 25.1 Å². The molecule has 0 bridgehead atoms. The SMILES string of the molecule is Cc1noc([C@@H]2CCCN(C(=O)Nc3ccncc3)C2)n1. The molecular formula is C14H17N5O2. The number of carbonyl (C=O) groups excluding carboxylic acids is 1. The fraction of sp³-hybridized carbons (Fsp3) is 0.429. The molecule has 0 saturated carbocycles. The molecular weight excluding hydrogens is 270 g/mol. The van der Waals surface area contributed by atoms with E-state index in [4.69, 9.17) is 4.52 Å². The lowest BCUT2D eigenvalue weighted by Crippen LogP contribution is -2.41. The van der Waals surface area contributed by atoms with Crippen LogP contribution in [0.4, 0.5) is 10.5 Å². The largest absolute Gasteiger partial charge is 0.339 e. The van der Waals surface area contributed by atoms with Crippen LogP contribution in [0, 0.1) is 6.92 Å². The molecule has 1 N–H and O–H groups in total. The van der Waals surface area contributed by atoms with Crippen molar-refractivity contribution >= 4 is 11.7 Å². The Kier molecular flexibility index (Phi) is 3.81. The van der Waals surface area contributed by atoms with E-state index in [1.165, 1.54) is 0 Å². The van der Waals surface area contributed by atoms with Gasteiger partial charge in [0, 0.05) is 31.2 Å². The average molecular weight is 287 g/mol. The van der Waals surface area contributed by atoms with Gasteiger partial charge in [0.05, 0.1) is 5.92 Å². The minimum absolute atomic E-state index is 0.109. The number of piperidine rings is 1. The van der Waals surface area contributed by atoms with E-state index in [1.807, 2.05) is 0 Å². The van der Waals surface area contributed by atoms with Gasteiger partial charge in [0.15, 0.2) is 5.82 Å². The Balaban J connectivity index is 1.64. The van der Waals surface area contributed by atoms with Crippen LogP contribution < -0.4 is 5.32 Å². The van der Waals surface area contributed by atoms with Gasteiger partial charge < -0.3 is 14.7 Å². The van der Waals surface area contributed by atoms with Crippen molar-refractivity contribution in [1.82, 2.24) is 20.0 Å². The van der Waals surface area contributed by atoms with E-state index in [2.05, 4.69) is 20.4 Å². The summed E-state index contributed by atoms with van der Waals surface area (Å²) in [5, 5.41) is 6.69. The number of aryl methyl sites for hydroxylation is 1. The maximum absolute atomic E-state index is 12.3. The van der Waals surface area contributed by atoms with Crippen molar-refractivity contribution in [2.75, 3.05) is 18.4 Å². The Hall–Kier alpha value is -2.44. The first-order valence-electron chi connectivity index (χ1n) is 6.98. The molecule has 1 aliphatic heterocycles. The Morgan fingerprint density at radius 2 is 2.24 bits per heavy atom. The van der Waals surface area contributed by atoms with Gasteiger partial charge in [-0.25, -0.2) is 4.79 Å². The third-order valence-electron chi connectivity index (χ3n) is 3.53. The molecule has 7 heteroatoms. The number of likely N-dealkylation sites (tertiary alicyclic amines) is 1. The molecule has 1 atom stereocenters. The highest BCUT2D eigenvalue weighted by atomic mass is 16.5. The molecule has 0 unspecified atom stereocenters. The van der Waals surface area contributed by atoms with Crippen LogP contribution in [0.5, 0.6) is 0 Å². The number of amides is 2. The quantitative estimate of drug-likeness (QED) is 0.915. The monoisotopic (exact) mass is 287 g/mol. The third kappa shape index (κ3) is 3.18. The fourth-order valence-electron chi connectivity index (χ4n) is 2.48. The number of nitrogens with one attached hydrogen (secondary N) is 1. The van der Waals surface area contributed by atoms with Gasteiger partial charge in [0.25, 0.3) is 0 Å². The van der Waals surface area contributed by atoms with E-state index in [-0.39, 0.29) is 11.9 Å². The Morgan fingerprint density at radius 3 is 2.95 bits per heavy atom. The van der Waals surface area contributed by atoms with Crippen molar-refractivity contribution in [2.45, 2.75) is 25.7 Å². The second-order valence-electron chi connectivity index (χ2n) is 5.13. The number of anilines is 1. The van der Waals surface area contributed by atoms with Crippen LogP contribution in [0.1, 0.15) is 30.5 Å². The van der Waals surface area contributed by atoms with Crippen LogP contribution in [-0.4, -0.2) is 39.1 Å². The fourth-order valence-corrected chi connectivity index (χ4v) is 2.48. The topological polar surface area (TPSA) is 84.2 Å². The number of pyridine rings is 1. The van der Waals surface area contributed by atoms with Gasteiger partial charge in [0.2, 0.25) is 5.89 Å². The van der Waals surface area contributed by atoms with Gasteiger partial charge in [-0.2, -0.15) is 4.98 Å². The zero-order valence-corrected chi connectivity index (χ0v) is 11.8. The molecule has 2 aromatic rings. The number of rotatable bonds is 2. The van der Waals surface area contributed by atoms with Gasteiger partial charge >= 0.3 is 6.03 Å². The molecule has 2 aromatic heterocycles. The van der Waals surface area contributed by atoms with Crippen LogP contribution in [0.3, 0.4) is 0 Å². The molecule has 7 nitrogen and oxygen atoms in total. The first kappa shape index (κ1) is 13.5. The maximum atomic E-state index is 12.3. The number of urea groups is 1. The predicted octanol–water partition coefficient (Wildman–Crippen LogP) is 2.18. The van der Waals surface area contributed by atoms with Crippen molar-refractivity contribution in [2.24, 2.45) is 0 Å². The van der Waals surface area contributed by atoms with Gasteiger partial charge in [-0.05, 0) is 31.9 Å². The summed E-state index contributed by atoms with van der Waals surface area (Å²) in [5.74, 6) is 1.36. The van der Waals surface area contributed by atoms with Crippen molar-refractivity contribution in [1.29, 1.82) is 0 Å². The number of nitrogens with zero attached hydrogens (tertiary/aromatic N) is 4. The minimum Gasteiger partial charge on any atom is -0.339 e. The maximum Gasteiger partial charge on any atom is 0.321 e. The molecule has 0 radical (unpaired) electrons. The highest BCUT2D eigenvalue weighted by Crippen LogP contribution is 2.26. The van der Waals surface area contributed by atoms with E-state index >= 15 is 0 Å². The molecule has 2 amide bonds. The number of aromatic nitrogens is 3. The van der Waals surface area contributed by atoms with Crippen molar-refractivity contribution in [3.05, 3.63) is 36.2 Å². The summed E-state index contributed by atoms with van der Waals surface area (Å²) in [6.45, 7) is 3.13. The van der Waals surface area contributed by atoms with Crippen LogP contribution in [0.25, 0.3) is 0 Å². The van der Waals surface area contributed by atoms with Crippen LogP contribution in [-0.2, 0) is 0 Å². The van der Waals surface area contributed by atoms with Crippen LogP contribution in [0.15, 0.2) is 29.0 Å². The standard InChI is InChI=1S/C14H17N5O2/c1-10-16-13(21-18-10)11-3-2-8-19(9-11)14(20)17-12-4-6-15-7-5-12/h4-7,11H,2-3,8-9H2,1H3,(H,15,17,20)/t11-/m1/s1. The summed E-state index contributed by atoms with van der Waals surface area (Å²) >= 11 is 0. The van der Waals surface area contributed by atoms with E-state index in [9.17, 15) is 4.79 Å². The second kappa shape index (κ2) is 5.90. The molecule has 0 spiro atoms. The predicted molar refractivity (Wildman–Crippen MR) is 75.8 cm³/mol. The van der Waals surface area contributed by atoms with Crippen molar-refractivity contribution in [3.63, 3.8) is 0 Å². The first-order chi connectivity index (χ1) is 10.2. The normalized spacial score (nSPS) is 18.5. The summed E-state index contributed by atoms with van der Waals surface area (Å²) in [6.07, 6.45) is 5.18. The van der Waals surface area contributed by atoms with Crippen LogP contribution >= 0.6 is 0 Å². The number of hydrogen-bond acceptors (Lipinski definition) is 5. The molecule has 0 aromatic carbocycles. The molecule has 110 valence electrons. The lowest BCUT2D eigenvalue weighted by atomic mass is 9.98. The van der Waals surface area contributed by atoms with E-state index < -0.39 is 0 Å². The Labute approximate surface area is 122 Å². The van der Waals surface area contributed by atoms with Crippen LogP contribution in [0.2, 0.25) is 0 Å². The van der Waals surface area contributed by atoms with Gasteiger partial charge in [-0.3, -0.25) is 4.98 Å². The molecule has 0 aliphatic carbocycles. The molecule has 21 heavy (non-hydrogen) atoms. The van der Waals surface area contributed by atoms with Gasteiger partial charge in [-0.15, -0.1) is 0 Å². The van der Waals surface area contributed by atoms with Gasteiger partial charge in [-0.1, -0.05) is 5.16 Å². The minimum atomic E-state index is -0.109. The second-order valence-corrected chi connectivity index (χ2v) is 5.13. The zero-order chi connectivity index (χ0) is 14.7. The molecule has 1 fully saturated rings. The Bertz CT molecular complexity index is 613. The van der Waals surface area contributed by atoms with E-state index in [1.54, 1.807) is 36.4 Å². The summed E-state index contributed by atoms with van der Waals surface area (Å²) in [4.78, 5) is 22.3. The Morgan fingerprint density at radius 1 is 1.43 bits per heavy atom. The average Bonchev–Trinajstić information content (AvgIpc) is 2.95. The number of hydrogen-bond donors (Lipinski definition) is 1. The summed E-state index contributed by atoms with van der Waals surface area (Å²) in [6, 6.07) is 3.42. The third-order valence-corrected chi connectivity index (χ3v) is 3.53. The first-order valence-corrected chi connectivity index (χ1v) is 6.98. The van der Waals surface area contributed by atoms with E-state index in [0.29, 0.717) is 18.3 Å². The highest BCUT2D eigenvalue weighted by Gasteiger charge is 2.28.